The van der Waals surface area contributed by atoms with Crippen molar-refractivity contribution in [1.29, 1.82) is 0 Å². The third-order valence-corrected chi connectivity index (χ3v) is 7.44. The van der Waals surface area contributed by atoms with E-state index in [0.29, 0.717) is 0 Å². The lowest BCUT2D eigenvalue weighted by Crippen LogP contribution is -2.72. The highest BCUT2D eigenvalue weighted by Gasteiger charge is 2.71. The molecule has 26 heavy (non-hydrogen) atoms. The standard InChI is InChI=1S/C17H16N2O6S/c1-17(2)11(16(23)25-3)19-14(22)10(15(19)26(17)24)18-12(20)8-6-4-5-7-9(8)13(18)21/h4-7,10-11,15H,1-3H3/t10-,11+,15?,26?/m1/s1. The smallest absolute Gasteiger partial charge is 0.330 e. The van der Waals surface area contributed by atoms with Gasteiger partial charge >= 0.3 is 5.97 Å². The molecule has 2 saturated heterocycles. The number of methoxy groups -OCH3 is 1. The van der Waals surface area contributed by atoms with Crippen LogP contribution >= 0.6 is 0 Å². The molecule has 0 N–H and O–H groups in total. The van der Waals surface area contributed by atoms with Crippen LogP contribution in [0.2, 0.25) is 0 Å². The molecule has 8 nitrogen and oxygen atoms in total. The van der Waals surface area contributed by atoms with Crippen molar-refractivity contribution in [2.45, 2.75) is 36.1 Å². The van der Waals surface area contributed by atoms with E-state index in [1.807, 2.05) is 0 Å². The van der Waals surface area contributed by atoms with Gasteiger partial charge in [0.2, 0.25) is 0 Å². The number of benzene rings is 1. The van der Waals surface area contributed by atoms with Crippen molar-refractivity contribution in [2.75, 3.05) is 7.11 Å². The molecule has 2 unspecified atom stereocenters. The van der Waals surface area contributed by atoms with Crippen molar-refractivity contribution in [3.8, 4) is 0 Å². The SMILES string of the molecule is COC(=O)[C@@H]1N2C(=O)[C@@H](N3C(=O)c4ccccc4C3=O)C2S(=O)C1(C)C. The second-order valence-corrected chi connectivity index (χ2v) is 9.06. The van der Waals surface area contributed by atoms with Crippen LogP contribution in [0.1, 0.15) is 34.6 Å². The fourth-order valence-corrected chi connectivity index (χ4v) is 5.88. The maximum atomic E-state index is 13.0. The number of hydrogen-bond acceptors (Lipinski definition) is 6. The molecule has 1 aromatic carbocycles. The molecule has 0 aliphatic carbocycles. The van der Waals surface area contributed by atoms with Crippen molar-refractivity contribution < 1.29 is 28.1 Å². The topological polar surface area (TPSA) is 101 Å². The summed E-state index contributed by atoms with van der Waals surface area (Å²) in [7, 11) is -0.462. The van der Waals surface area contributed by atoms with Crippen molar-refractivity contribution in [3.63, 3.8) is 0 Å². The first kappa shape index (κ1) is 16.9. The van der Waals surface area contributed by atoms with E-state index >= 15 is 0 Å². The summed E-state index contributed by atoms with van der Waals surface area (Å²) >= 11 is 0. The number of carbonyl (C=O) groups excluding carboxylic acids is 4. The van der Waals surface area contributed by atoms with Crippen LogP contribution in [0, 0.1) is 0 Å². The third kappa shape index (κ3) is 1.81. The summed E-state index contributed by atoms with van der Waals surface area (Å²) in [5, 5.41) is -0.913. The van der Waals surface area contributed by atoms with Gasteiger partial charge in [-0.05, 0) is 26.0 Å². The number of nitrogens with zero attached hydrogens (tertiary/aromatic N) is 2. The number of amides is 3. The molecule has 3 heterocycles. The fourth-order valence-electron chi connectivity index (χ4n) is 3.93. The largest absolute Gasteiger partial charge is 0.467 e. The number of rotatable bonds is 2. The Labute approximate surface area is 151 Å². The Kier molecular flexibility index (Phi) is 3.40. The van der Waals surface area contributed by atoms with E-state index in [-0.39, 0.29) is 11.1 Å². The zero-order valence-corrected chi connectivity index (χ0v) is 15.1. The number of hydrogen-bond donors (Lipinski definition) is 0. The average Bonchev–Trinajstić information content (AvgIpc) is 2.97. The molecule has 136 valence electrons. The Morgan fingerprint density at radius 2 is 1.65 bits per heavy atom. The minimum absolute atomic E-state index is 0.219. The first-order chi connectivity index (χ1) is 12.2. The molecule has 3 amide bonds. The lowest BCUT2D eigenvalue weighted by molar-refractivity contribution is -0.164. The first-order valence-corrected chi connectivity index (χ1v) is 9.22. The van der Waals surface area contributed by atoms with Crippen molar-refractivity contribution in [1.82, 2.24) is 9.80 Å². The van der Waals surface area contributed by atoms with Gasteiger partial charge in [-0.2, -0.15) is 0 Å². The van der Waals surface area contributed by atoms with Gasteiger partial charge in [-0.15, -0.1) is 0 Å². The van der Waals surface area contributed by atoms with Crippen LogP contribution < -0.4 is 0 Å². The summed E-state index contributed by atoms with van der Waals surface area (Å²) in [6.45, 7) is 3.21. The second-order valence-electron chi connectivity index (χ2n) is 6.93. The number of β-lactam (4-membered cyclic amide) rings is 1. The molecule has 3 aliphatic rings. The quantitative estimate of drug-likeness (QED) is 0.406. The zero-order valence-electron chi connectivity index (χ0n) is 14.3. The Bertz CT molecular complexity index is 875. The van der Waals surface area contributed by atoms with Crippen LogP contribution in [0.15, 0.2) is 24.3 Å². The van der Waals surface area contributed by atoms with Crippen molar-refractivity contribution in [2.24, 2.45) is 0 Å². The summed E-state index contributed by atoms with van der Waals surface area (Å²) in [4.78, 5) is 52.3. The van der Waals surface area contributed by atoms with Gasteiger partial charge in [-0.3, -0.25) is 23.5 Å². The lowest BCUT2D eigenvalue weighted by Gasteiger charge is -2.45. The Balaban J connectivity index is 1.73. The van der Waals surface area contributed by atoms with Gasteiger partial charge in [0.1, 0.15) is 11.4 Å². The highest BCUT2D eigenvalue weighted by Crippen LogP contribution is 2.46. The van der Waals surface area contributed by atoms with E-state index in [2.05, 4.69) is 0 Å². The molecule has 3 aliphatic heterocycles. The molecule has 2 fully saturated rings. The summed E-state index contributed by atoms with van der Waals surface area (Å²) in [6, 6.07) is 4.11. The van der Waals surface area contributed by atoms with Crippen LogP contribution in [0.25, 0.3) is 0 Å². The van der Waals surface area contributed by atoms with Gasteiger partial charge in [-0.25, -0.2) is 4.79 Å². The molecule has 9 heteroatoms. The van der Waals surface area contributed by atoms with E-state index < -0.39 is 56.7 Å². The van der Waals surface area contributed by atoms with Crippen LogP contribution in [-0.2, 0) is 25.1 Å². The molecule has 4 atom stereocenters. The normalized spacial score (nSPS) is 31.6. The number of carbonyl (C=O) groups is 4. The molecular weight excluding hydrogens is 360 g/mol. The van der Waals surface area contributed by atoms with E-state index in [4.69, 9.17) is 4.74 Å². The number of imide groups is 1. The van der Waals surface area contributed by atoms with Gasteiger partial charge in [0.05, 0.1) is 33.8 Å². The first-order valence-electron chi connectivity index (χ1n) is 8.01. The molecule has 4 rings (SSSR count). The predicted molar refractivity (Wildman–Crippen MR) is 89.4 cm³/mol. The van der Waals surface area contributed by atoms with Crippen molar-refractivity contribution >= 4 is 34.5 Å². The monoisotopic (exact) mass is 376 g/mol. The lowest BCUT2D eigenvalue weighted by atomic mass is 9.95. The molecule has 0 spiro atoms. The summed E-state index contributed by atoms with van der Waals surface area (Å²) in [5.41, 5.74) is 0.438. The third-order valence-electron chi connectivity index (χ3n) is 5.25. The minimum atomic E-state index is -1.66. The Morgan fingerprint density at radius 1 is 1.12 bits per heavy atom. The van der Waals surface area contributed by atoms with E-state index in [0.717, 1.165) is 4.90 Å². The maximum absolute atomic E-state index is 13.0. The van der Waals surface area contributed by atoms with Gasteiger partial charge in [-0.1, -0.05) is 12.1 Å². The van der Waals surface area contributed by atoms with Gasteiger partial charge < -0.3 is 9.64 Å². The highest BCUT2D eigenvalue weighted by atomic mass is 32.2. The van der Waals surface area contributed by atoms with Crippen molar-refractivity contribution in [3.05, 3.63) is 35.4 Å². The summed E-state index contributed by atoms with van der Waals surface area (Å²) < 4.78 is 16.7. The van der Waals surface area contributed by atoms with E-state index in [1.54, 1.807) is 26.0 Å². The second kappa shape index (κ2) is 5.23. The van der Waals surface area contributed by atoms with E-state index in [9.17, 15) is 23.4 Å². The predicted octanol–water partition coefficient (Wildman–Crippen LogP) is -0.0980. The maximum Gasteiger partial charge on any atom is 0.330 e. The van der Waals surface area contributed by atoms with Crippen LogP contribution in [0.5, 0.6) is 0 Å². The zero-order chi connectivity index (χ0) is 19.0. The molecule has 0 saturated carbocycles. The number of ether oxygens (including phenoxy) is 1. The fraction of sp³-hybridized carbons (Fsp3) is 0.412. The minimum Gasteiger partial charge on any atom is -0.467 e. The van der Waals surface area contributed by atoms with Crippen LogP contribution in [-0.4, -0.2) is 67.0 Å². The van der Waals surface area contributed by atoms with Gasteiger partial charge in [0.15, 0.2) is 6.04 Å². The molecule has 0 aromatic heterocycles. The molecule has 1 aromatic rings. The summed E-state index contributed by atoms with van der Waals surface area (Å²) in [5.74, 6) is -2.40. The Hall–Kier alpha value is -2.55. The highest BCUT2D eigenvalue weighted by molar-refractivity contribution is 7.87. The molecular formula is C17H16N2O6S. The van der Waals surface area contributed by atoms with Gasteiger partial charge in [0, 0.05) is 0 Å². The van der Waals surface area contributed by atoms with E-state index in [1.165, 1.54) is 24.1 Å². The Morgan fingerprint density at radius 3 is 2.15 bits per heavy atom. The molecule has 0 bridgehead atoms. The summed E-state index contributed by atoms with van der Waals surface area (Å²) in [6.07, 6.45) is 0. The number of esters is 1. The molecule has 0 radical (unpaired) electrons. The average molecular weight is 376 g/mol. The number of fused-ring (bicyclic) bond motifs is 2. The van der Waals surface area contributed by atoms with Crippen LogP contribution in [0.4, 0.5) is 0 Å². The van der Waals surface area contributed by atoms with Crippen LogP contribution in [0.3, 0.4) is 0 Å². The van der Waals surface area contributed by atoms with Gasteiger partial charge in [0.25, 0.3) is 17.7 Å².